The number of methoxy groups -OCH3 is 1. The van der Waals surface area contributed by atoms with Crippen LogP contribution in [0.25, 0.3) is 0 Å². The fourth-order valence-electron chi connectivity index (χ4n) is 5.48. The molecule has 2 aliphatic heterocycles. The minimum Gasteiger partial charge on any atom is -0.469 e. The van der Waals surface area contributed by atoms with E-state index in [2.05, 4.69) is 6.58 Å². The van der Waals surface area contributed by atoms with Gasteiger partial charge in [-0.05, 0) is 13.8 Å². The van der Waals surface area contributed by atoms with Gasteiger partial charge in [-0.3, -0.25) is 4.79 Å². The van der Waals surface area contributed by atoms with E-state index in [0.29, 0.717) is 5.57 Å². The maximum Gasteiger partial charge on any atom is 0.342 e. The van der Waals surface area contributed by atoms with Gasteiger partial charge in [0.1, 0.15) is 18.3 Å². The van der Waals surface area contributed by atoms with Crippen molar-refractivity contribution in [3.05, 3.63) is 12.2 Å². The Morgan fingerprint density at radius 3 is 2.65 bits per heavy atom. The van der Waals surface area contributed by atoms with Crippen molar-refractivity contribution in [2.75, 3.05) is 7.11 Å². The molecule has 4 aliphatic rings. The molecule has 2 saturated heterocycles. The van der Waals surface area contributed by atoms with Gasteiger partial charge in [0.15, 0.2) is 5.60 Å². The number of esters is 2. The molecule has 2 N–H and O–H groups in total. The number of aliphatic hydroxyl groups is 2. The molecule has 23 heavy (non-hydrogen) atoms. The number of carbonyl (C=O) groups excluding carboxylic acids is 2. The zero-order valence-electron chi connectivity index (χ0n) is 13.2. The second-order valence-electron chi connectivity index (χ2n) is 7.39. The quantitative estimate of drug-likeness (QED) is 0.524. The number of rotatable bonds is 2. The zero-order valence-corrected chi connectivity index (χ0v) is 13.2. The van der Waals surface area contributed by atoms with Crippen LogP contribution in [0.2, 0.25) is 0 Å². The third-order valence-corrected chi connectivity index (χ3v) is 6.64. The highest BCUT2D eigenvalue weighted by Gasteiger charge is 2.89. The largest absolute Gasteiger partial charge is 0.469 e. The Hall–Kier alpha value is -1.44. The van der Waals surface area contributed by atoms with E-state index in [1.54, 1.807) is 13.8 Å². The van der Waals surface area contributed by atoms with Crippen LogP contribution in [0.4, 0.5) is 0 Å². The number of ether oxygens (including phenoxy) is 3. The molecule has 2 heterocycles. The first-order chi connectivity index (χ1) is 10.6. The Labute approximate surface area is 133 Å². The summed E-state index contributed by atoms with van der Waals surface area (Å²) in [7, 11) is 1.25. The average Bonchev–Trinajstić information content (AvgIpc) is 2.67. The Balaban J connectivity index is 1.99. The molecule has 7 nitrogen and oxygen atoms in total. The van der Waals surface area contributed by atoms with Crippen molar-refractivity contribution < 1.29 is 34.0 Å². The minimum absolute atomic E-state index is 0.0222. The van der Waals surface area contributed by atoms with Gasteiger partial charge in [-0.1, -0.05) is 12.2 Å². The highest BCUT2D eigenvalue weighted by Crippen LogP contribution is 2.71. The summed E-state index contributed by atoms with van der Waals surface area (Å²) < 4.78 is 16.2. The Morgan fingerprint density at radius 2 is 2.09 bits per heavy atom. The van der Waals surface area contributed by atoms with Gasteiger partial charge in [0, 0.05) is 12.3 Å². The van der Waals surface area contributed by atoms with E-state index in [4.69, 9.17) is 14.2 Å². The van der Waals surface area contributed by atoms with Crippen molar-refractivity contribution in [1.29, 1.82) is 0 Å². The lowest BCUT2D eigenvalue weighted by atomic mass is 9.51. The molecule has 8 atom stereocenters. The van der Waals surface area contributed by atoms with Crippen LogP contribution >= 0.6 is 0 Å². The highest BCUT2D eigenvalue weighted by molar-refractivity contribution is 5.88. The maximum absolute atomic E-state index is 12.5. The van der Waals surface area contributed by atoms with Crippen LogP contribution in [-0.2, 0) is 23.8 Å². The van der Waals surface area contributed by atoms with E-state index in [1.807, 2.05) is 0 Å². The third kappa shape index (κ3) is 1.24. The molecule has 0 radical (unpaired) electrons. The molecule has 0 aromatic rings. The monoisotopic (exact) mass is 324 g/mol. The topological polar surface area (TPSA) is 102 Å². The summed E-state index contributed by atoms with van der Waals surface area (Å²) in [5.74, 6) is -2.91. The standard InChI is InChI=1S/C16H20O7/c1-6(2)8-9(12(17)21-4)15(19)5-7-16(20)13(18)23-11(10(8)22-7)14(15,16)3/h7-11,19-20H,1,5H2,2-4H3/t7-,8-,9+,10+,11?,14+,15+,16-/m1/s1. The number of hydrogen-bond donors (Lipinski definition) is 2. The van der Waals surface area contributed by atoms with Gasteiger partial charge in [0.25, 0.3) is 0 Å². The van der Waals surface area contributed by atoms with Gasteiger partial charge in [0.2, 0.25) is 0 Å². The average molecular weight is 324 g/mol. The van der Waals surface area contributed by atoms with Crippen LogP contribution in [0.15, 0.2) is 12.2 Å². The fraction of sp³-hybridized carbons (Fsp3) is 0.750. The van der Waals surface area contributed by atoms with Crippen LogP contribution in [0.5, 0.6) is 0 Å². The molecule has 0 amide bonds. The second-order valence-corrected chi connectivity index (χ2v) is 7.39. The Bertz CT molecular complexity index is 644. The van der Waals surface area contributed by atoms with Crippen molar-refractivity contribution >= 4 is 11.9 Å². The molecule has 1 unspecified atom stereocenters. The van der Waals surface area contributed by atoms with Gasteiger partial charge in [0.05, 0.1) is 24.0 Å². The smallest absolute Gasteiger partial charge is 0.342 e. The van der Waals surface area contributed by atoms with E-state index in [0.717, 1.165) is 0 Å². The number of hydrogen-bond acceptors (Lipinski definition) is 7. The van der Waals surface area contributed by atoms with E-state index in [9.17, 15) is 19.8 Å². The molecule has 2 saturated carbocycles. The highest BCUT2D eigenvalue weighted by atomic mass is 16.6. The van der Waals surface area contributed by atoms with Crippen molar-refractivity contribution in [2.24, 2.45) is 17.3 Å². The van der Waals surface area contributed by atoms with Crippen LogP contribution in [-0.4, -0.2) is 58.8 Å². The van der Waals surface area contributed by atoms with E-state index in [1.165, 1.54) is 7.11 Å². The summed E-state index contributed by atoms with van der Waals surface area (Å²) in [6.45, 7) is 7.26. The molecule has 5 bridgehead atoms. The lowest BCUT2D eigenvalue weighted by molar-refractivity contribution is -0.270. The van der Waals surface area contributed by atoms with Gasteiger partial charge in [-0.15, -0.1) is 0 Å². The summed E-state index contributed by atoms with van der Waals surface area (Å²) in [5.41, 5.74) is -4.31. The van der Waals surface area contributed by atoms with Crippen molar-refractivity contribution in [2.45, 2.75) is 49.8 Å². The lowest BCUT2D eigenvalue weighted by Gasteiger charge is -2.57. The van der Waals surface area contributed by atoms with Crippen LogP contribution in [0, 0.1) is 17.3 Å². The fourth-order valence-corrected chi connectivity index (χ4v) is 5.48. The SMILES string of the molecule is C=C(C)[C@H]1[C@@H]2O[C@@H]3C[C@](O)([C@@H]1C(=O)OC)[C@]1(C)C2OC(=O)[C@]31O. The molecule has 4 rings (SSSR count). The van der Waals surface area contributed by atoms with E-state index < -0.39 is 58.7 Å². The molecule has 0 aromatic heterocycles. The third-order valence-electron chi connectivity index (χ3n) is 6.64. The van der Waals surface area contributed by atoms with Crippen LogP contribution in [0.1, 0.15) is 20.3 Å². The lowest BCUT2D eigenvalue weighted by Crippen LogP contribution is -2.73. The van der Waals surface area contributed by atoms with Gasteiger partial charge < -0.3 is 24.4 Å². The summed E-state index contributed by atoms with van der Waals surface area (Å²) in [6.07, 6.45) is -2.40. The molecular weight excluding hydrogens is 304 g/mol. The predicted octanol–water partition coefficient (Wildman–Crippen LogP) is -0.454. The maximum atomic E-state index is 12.5. The second kappa shape index (κ2) is 3.96. The summed E-state index contributed by atoms with van der Waals surface area (Å²) in [6, 6.07) is 0. The van der Waals surface area contributed by atoms with Gasteiger partial charge in [-0.25, -0.2) is 4.79 Å². The predicted molar refractivity (Wildman–Crippen MR) is 75.0 cm³/mol. The molecule has 2 aliphatic carbocycles. The summed E-state index contributed by atoms with van der Waals surface area (Å²) in [4.78, 5) is 24.8. The summed E-state index contributed by atoms with van der Waals surface area (Å²) in [5, 5.41) is 22.5. The van der Waals surface area contributed by atoms with Gasteiger partial charge in [-0.2, -0.15) is 0 Å². The minimum atomic E-state index is -1.95. The van der Waals surface area contributed by atoms with E-state index in [-0.39, 0.29) is 6.42 Å². The van der Waals surface area contributed by atoms with E-state index >= 15 is 0 Å². The molecule has 4 fully saturated rings. The van der Waals surface area contributed by atoms with Crippen LogP contribution < -0.4 is 0 Å². The normalized spacial score (nSPS) is 55.7. The van der Waals surface area contributed by atoms with Crippen molar-refractivity contribution in [3.63, 3.8) is 0 Å². The van der Waals surface area contributed by atoms with Gasteiger partial charge >= 0.3 is 11.9 Å². The first-order valence-corrected chi connectivity index (χ1v) is 7.69. The molecule has 7 heteroatoms. The molecule has 0 aromatic carbocycles. The zero-order chi connectivity index (χ0) is 16.9. The molecule has 126 valence electrons. The Morgan fingerprint density at radius 1 is 1.43 bits per heavy atom. The van der Waals surface area contributed by atoms with Crippen molar-refractivity contribution in [3.8, 4) is 0 Å². The van der Waals surface area contributed by atoms with Crippen LogP contribution in [0.3, 0.4) is 0 Å². The van der Waals surface area contributed by atoms with Crippen molar-refractivity contribution in [1.82, 2.24) is 0 Å². The number of carbonyl (C=O) groups is 2. The Kier molecular flexibility index (Phi) is 2.60. The summed E-state index contributed by atoms with van der Waals surface area (Å²) >= 11 is 0. The molecular formula is C16H20O7. The first-order valence-electron chi connectivity index (χ1n) is 7.69. The molecule has 0 spiro atoms. The first kappa shape index (κ1) is 15.1.